The van der Waals surface area contributed by atoms with Gasteiger partial charge in [-0.15, -0.1) is 0 Å². The Bertz CT molecular complexity index is 203. The highest BCUT2D eigenvalue weighted by molar-refractivity contribution is 5.69. The predicted molar refractivity (Wildman–Crippen MR) is 66.4 cm³/mol. The van der Waals surface area contributed by atoms with Crippen LogP contribution in [-0.2, 0) is 14.4 Å². The van der Waals surface area contributed by atoms with Crippen LogP contribution in [0.1, 0.15) is 58.3 Å². The maximum atomic E-state index is 11.0. The van der Waals surface area contributed by atoms with Gasteiger partial charge in [-0.2, -0.15) is 0 Å². The molecule has 0 radical (unpaired) electrons. The van der Waals surface area contributed by atoms with E-state index in [9.17, 15) is 4.79 Å². The summed E-state index contributed by atoms with van der Waals surface area (Å²) in [6.07, 6.45) is 8.94. The quantitative estimate of drug-likeness (QED) is 0.384. The van der Waals surface area contributed by atoms with Gasteiger partial charge in [-0.25, -0.2) is 5.48 Å². The predicted octanol–water partition coefficient (Wildman–Crippen LogP) is 2.57. The van der Waals surface area contributed by atoms with Gasteiger partial charge in [0.25, 0.3) is 0 Å². The Morgan fingerprint density at radius 2 is 2.00 bits per heavy atom. The molecule has 0 amide bonds. The Balaban J connectivity index is 1.79. The van der Waals surface area contributed by atoms with Gasteiger partial charge in [0.2, 0.25) is 0 Å². The second kappa shape index (κ2) is 9.42. The van der Waals surface area contributed by atoms with E-state index >= 15 is 0 Å². The number of nitrogens with one attached hydrogen (secondary N) is 1. The van der Waals surface area contributed by atoms with E-state index in [0.717, 1.165) is 25.8 Å². The minimum Gasteiger partial charge on any atom is -0.466 e. The fourth-order valence-electron chi connectivity index (χ4n) is 2.06. The lowest BCUT2D eigenvalue weighted by Gasteiger charge is -2.11. The Morgan fingerprint density at radius 1 is 1.24 bits per heavy atom. The van der Waals surface area contributed by atoms with Crippen LogP contribution in [0.4, 0.5) is 0 Å². The maximum Gasteiger partial charge on any atom is 0.305 e. The molecular weight excluding hydrogens is 218 g/mol. The number of hydrogen-bond acceptors (Lipinski definition) is 4. The number of rotatable bonds is 9. The van der Waals surface area contributed by atoms with Gasteiger partial charge in [0, 0.05) is 13.0 Å². The van der Waals surface area contributed by atoms with Crippen LogP contribution in [0.15, 0.2) is 0 Å². The minimum absolute atomic E-state index is 0.0809. The number of hydroxylamine groups is 1. The van der Waals surface area contributed by atoms with Crippen LogP contribution in [0.3, 0.4) is 0 Å². The van der Waals surface area contributed by atoms with Crippen molar-refractivity contribution in [3.05, 3.63) is 0 Å². The molecule has 0 atom stereocenters. The first-order chi connectivity index (χ1) is 8.33. The summed E-state index contributed by atoms with van der Waals surface area (Å²) in [6, 6.07) is 0. The lowest BCUT2D eigenvalue weighted by molar-refractivity contribution is -0.143. The molecule has 1 fully saturated rings. The second-order valence-electron chi connectivity index (χ2n) is 4.53. The molecule has 0 saturated heterocycles. The molecule has 1 saturated carbocycles. The van der Waals surface area contributed by atoms with E-state index in [2.05, 4.69) is 5.48 Å². The van der Waals surface area contributed by atoms with Crippen LogP contribution in [0.5, 0.6) is 0 Å². The first-order valence-electron chi connectivity index (χ1n) is 6.87. The van der Waals surface area contributed by atoms with Crippen LogP contribution in [-0.4, -0.2) is 25.2 Å². The summed E-state index contributed by atoms with van der Waals surface area (Å²) in [7, 11) is 0. The van der Waals surface area contributed by atoms with Crippen molar-refractivity contribution < 1.29 is 14.4 Å². The Kier molecular flexibility index (Phi) is 8.01. The molecule has 0 unspecified atom stereocenters. The molecule has 17 heavy (non-hydrogen) atoms. The van der Waals surface area contributed by atoms with E-state index in [1.807, 2.05) is 6.92 Å². The smallest absolute Gasteiger partial charge is 0.305 e. The molecule has 0 aromatic carbocycles. The van der Waals surface area contributed by atoms with Crippen LogP contribution >= 0.6 is 0 Å². The third-order valence-corrected chi connectivity index (χ3v) is 3.02. The SMILES string of the molecule is CCOC(=O)CCCCCNOC1CCCC1. The first kappa shape index (κ1) is 14.5. The average molecular weight is 243 g/mol. The van der Waals surface area contributed by atoms with Gasteiger partial charge in [-0.1, -0.05) is 19.3 Å². The topological polar surface area (TPSA) is 47.6 Å². The zero-order chi connectivity index (χ0) is 12.3. The zero-order valence-corrected chi connectivity index (χ0v) is 10.9. The molecule has 0 aromatic rings. The minimum atomic E-state index is -0.0809. The summed E-state index contributed by atoms with van der Waals surface area (Å²) in [5.41, 5.74) is 3.02. The van der Waals surface area contributed by atoms with Gasteiger partial charge in [0.05, 0.1) is 12.7 Å². The number of carbonyl (C=O) groups is 1. The van der Waals surface area contributed by atoms with Crippen LogP contribution in [0, 0.1) is 0 Å². The first-order valence-corrected chi connectivity index (χ1v) is 6.87. The van der Waals surface area contributed by atoms with Crippen LogP contribution in [0.2, 0.25) is 0 Å². The summed E-state index contributed by atoms with van der Waals surface area (Å²) in [5, 5.41) is 0. The zero-order valence-electron chi connectivity index (χ0n) is 10.9. The van der Waals surface area contributed by atoms with Gasteiger partial charge in [-0.3, -0.25) is 9.63 Å². The van der Waals surface area contributed by atoms with Crippen molar-refractivity contribution in [3.8, 4) is 0 Å². The fourth-order valence-corrected chi connectivity index (χ4v) is 2.06. The van der Waals surface area contributed by atoms with E-state index < -0.39 is 0 Å². The molecular formula is C13H25NO3. The molecule has 1 aliphatic rings. The molecule has 1 rings (SSSR count). The van der Waals surface area contributed by atoms with Crippen molar-refractivity contribution in [1.29, 1.82) is 0 Å². The molecule has 0 spiro atoms. The highest BCUT2D eigenvalue weighted by Gasteiger charge is 2.14. The highest BCUT2D eigenvalue weighted by atomic mass is 16.7. The van der Waals surface area contributed by atoms with Gasteiger partial charge >= 0.3 is 5.97 Å². The fraction of sp³-hybridized carbons (Fsp3) is 0.923. The van der Waals surface area contributed by atoms with E-state index in [0.29, 0.717) is 19.1 Å². The van der Waals surface area contributed by atoms with Gasteiger partial charge < -0.3 is 4.74 Å². The van der Waals surface area contributed by atoms with Crippen molar-refractivity contribution in [1.82, 2.24) is 5.48 Å². The monoisotopic (exact) mass is 243 g/mol. The van der Waals surface area contributed by atoms with Crippen LogP contribution < -0.4 is 5.48 Å². The lowest BCUT2D eigenvalue weighted by Crippen LogP contribution is -2.22. The Morgan fingerprint density at radius 3 is 2.71 bits per heavy atom. The van der Waals surface area contributed by atoms with E-state index in [4.69, 9.17) is 9.57 Å². The third kappa shape index (κ3) is 7.34. The molecule has 1 aliphatic carbocycles. The summed E-state index contributed by atoms with van der Waals surface area (Å²) < 4.78 is 4.86. The summed E-state index contributed by atoms with van der Waals surface area (Å²) in [5.74, 6) is -0.0809. The molecule has 1 N–H and O–H groups in total. The van der Waals surface area contributed by atoms with Crippen molar-refractivity contribution in [2.24, 2.45) is 0 Å². The second-order valence-corrected chi connectivity index (χ2v) is 4.53. The largest absolute Gasteiger partial charge is 0.466 e. The van der Waals surface area contributed by atoms with E-state index in [1.54, 1.807) is 0 Å². The molecule has 0 heterocycles. The lowest BCUT2D eigenvalue weighted by atomic mass is 10.2. The molecule has 0 aromatic heterocycles. The molecule has 4 heteroatoms. The number of esters is 1. The average Bonchev–Trinajstić information content (AvgIpc) is 2.81. The standard InChI is InChI=1S/C13H25NO3/c1-2-16-13(15)10-4-3-7-11-14-17-12-8-5-6-9-12/h12,14H,2-11H2,1H3. The number of hydrogen-bond donors (Lipinski definition) is 1. The van der Waals surface area contributed by atoms with Gasteiger partial charge in [-0.05, 0) is 32.6 Å². The van der Waals surface area contributed by atoms with Gasteiger partial charge in [0.15, 0.2) is 0 Å². The van der Waals surface area contributed by atoms with E-state index in [1.165, 1.54) is 25.7 Å². The molecule has 4 nitrogen and oxygen atoms in total. The Labute approximate surface area is 104 Å². The summed E-state index contributed by atoms with van der Waals surface area (Å²) >= 11 is 0. The molecule has 0 aliphatic heterocycles. The Hall–Kier alpha value is -0.610. The van der Waals surface area contributed by atoms with Gasteiger partial charge in [0.1, 0.15) is 0 Å². The number of unbranched alkanes of at least 4 members (excludes halogenated alkanes) is 2. The third-order valence-electron chi connectivity index (χ3n) is 3.02. The van der Waals surface area contributed by atoms with Crippen molar-refractivity contribution in [2.75, 3.05) is 13.2 Å². The number of carbonyl (C=O) groups excluding carboxylic acids is 1. The normalized spacial score (nSPS) is 16.3. The van der Waals surface area contributed by atoms with Crippen molar-refractivity contribution in [3.63, 3.8) is 0 Å². The maximum absolute atomic E-state index is 11.0. The summed E-state index contributed by atoms with van der Waals surface area (Å²) in [4.78, 5) is 16.6. The number of ether oxygens (including phenoxy) is 1. The summed E-state index contributed by atoms with van der Waals surface area (Å²) in [6.45, 7) is 3.19. The van der Waals surface area contributed by atoms with Crippen LogP contribution in [0.25, 0.3) is 0 Å². The van der Waals surface area contributed by atoms with Crippen molar-refractivity contribution in [2.45, 2.75) is 64.4 Å². The van der Waals surface area contributed by atoms with E-state index in [-0.39, 0.29) is 5.97 Å². The highest BCUT2D eigenvalue weighted by Crippen LogP contribution is 2.19. The van der Waals surface area contributed by atoms with Crippen molar-refractivity contribution >= 4 is 5.97 Å². The molecule has 0 bridgehead atoms. The molecule has 100 valence electrons.